The summed E-state index contributed by atoms with van der Waals surface area (Å²) >= 11 is 0. The van der Waals surface area contributed by atoms with Crippen LogP contribution in [0.1, 0.15) is 24.3 Å². The minimum Gasteiger partial charge on any atom is -0.380 e. The topological polar surface area (TPSA) is 55.6 Å². The van der Waals surface area contributed by atoms with Gasteiger partial charge in [0.25, 0.3) is 0 Å². The number of benzene rings is 1. The zero-order valence-electron chi connectivity index (χ0n) is 11.4. The molecule has 104 valence electrons. The van der Waals surface area contributed by atoms with Gasteiger partial charge in [-0.25, -0.2) is 0 Å². The number of nitrogens with two attached hydrogens (primary N) is 1. The van der Waals surface area contributed by atoms with Crippen LogP contribution in [-0.2, 0) is 9.53 Å². The SMILES string of the molecule is CO[C@@H]1CCCN(C(=O)[C@H](CN)c2ccccc2)C1. The zero-order valence-corrected chi connectivity index (χ0v) is 11.4. The maximum absolute atomic E-state index is 12.6. The van der Waals surface area contributed by atoms with E-state index in [-0.39, 0.29) is 17.9 Å². The molecule has 0 radical (unpaired) electrons. The molecule has 1 saturated heterocycles. The number of ether oxygens (including phenoxy) is 1. The fourth-order valence-electron chi connectivity index (χ4n) is 2.62. The lowest BCUT2D eigenvalue weighted by Gasteiger charge is -2.34. The summed E-state index contributed by atoms with van der Waals surface area (Å²) in [6, 6.07) is 9.77. The van der Waals surface area contributed by atoms with Gasteiger partial charge in [0.15, 0.2) is 0 Å². The van der Waals surface area contributed by atoms with Crippen LogP contribution in [0.5, 0.6) is 0 Å². The normalized spacial score (nSPS) is 21.2. The van der Waals surface area contributed by atoms with E-state index < -0.39 is 0 Å². The fourth-order valence-corrected chi connectivity index (χ4v) is 2.62. The van der Waals surface area contributed by atoms with Gasteiger partial charge in [-0.05, 0) is 18.4 Å². The lowest BCUT2D eigenvalue weighted by molar-refractivity contribution is -0.136. The highest BCUT2D eigenvalue weighted by Gasteiger charge is 2.28. The van der Waals surface area contributed by atoms with Crippen LogP contribution in [0.25, 0.3) is 0 Å². The molecule has 2 N–H and O–H groups in total. The first-order chi connectivity index (χ1) is 9.26. The number of hydrogen-bond acceptors (Lipinski definition) is 3. The standard InChI is InChI=1S/C15H22N2O2/c1-19-13-8-5-9-17(11-13)15(18)14(10-16)12-6-3-2-4-7-12/h2-4,6-7,13-14H,5,8-11,16H2,1H3/t13-,14-/m1/s1. The minimum absolute atomic E-state index is 0.121. The van der Waals surface area contributed by atoms with Crippen molar-refractivity contribution >= 4 is 5.91 Å². The summed E-state index contributed by atoms with van der Waals surface area (Å²) in [5.41, 5.74) is 6.80. The molecule has 1 aromatic carbocycles. The lowest BCUT2D eigenvalue weighted by atomic mass is 9.96. The number of amides is 1. The van der Waals surface area contributed by atoms with Gasteiger partial charge in [-0.15, -0.1) is 0 Å². The predicted octanol–water partition coefficient (Wildman–Crippen LogP) is 1.37. The van der Waals surface area contributed by atoms with Gasteiger partial charge in [-0.3, -0.25) is 4.79 Å². The molecule has 1 amide bonds. The molecular formula is C15H22N2O2. The Hall–Kier alpha value is -1.39. The largest absolute Gasteiger partial charge is 0.380 e. The van der Waals surface area contributed by atoms with E-state index in [0.29, 0.717) is 13.1 Å². The molecule has 1 aromatic rings. The van der Waals surface area contributed by atoms with E-state index in [1.165, 1.54) is 0 Å². The lowest BCUT2D eigenvalue weighted by Crippen LogP contribution is -2.46. The van der Waals surface area contributed by atoms with Crippen LogP contribution in [0, 0.1) is 0 Å². The van der Waals surface area contributed by atoms with Crippen molar-refractivity contribution < 1.29 is 9.53 Å². The first-order valence-corrected chi connectivity index (χ1v) is 6.83. The number of rotatable bonds is 4. The molecule has 0 aliphatic carbocycles. The number of methoxy groups -OCH3 is 1. The van der Waals surface area contributed by atoms with Crippen molar-refractivity contribution in [3.63, 3.8) is 0 Å². The molecular weight excluding hydrogens is 240 g/mol. The second kappa shape index (κ2) is 6.68. The van der Waals surface area contributed by atoms with E-state index in [9.17, 15) is 4.79 Å². The molecule has 19 heavy (non-hydrogen) atoms. The van der Waals surface area contributed by atoms with Crippen LogP contribution in [0.2, 0.25) is 0 Å². The molecule has 1 aliphatic heterocycles. The molecule has 0 aromatic heterocycles. The predicted molar refractivity (Wildman–Crippen MR) is 74.8 cm³/mol. The smallest absolute Gasteiger partial charge is 0.231 e. The first-order valence-electron chi connectivity index (χ1n) is 6.83. The molecule has 1 heterocycles. The molecule has 4 nitrogen and oxygen atoms in total. The highest BCUT2D eigenvalue weighted by atomic mass is 16.5. The van der Waals surface area contributed by atoms with Crippen molar-refractivity contribution in [2.45, 2.75) is 24.9 Å². The fraction of sp³-hybridized carbons (Fsp3) is 0.533. The van der Waals surface area contributed by atoms with E-state index in [1.54, 1.807) is 7.11 Å². The van der Waals surface area contributed by atoms with E-state index in [0.717, 1.165) is 24.9 Å². The summed E-state index contributed by atoms with van der Waals surface area (Å²) in [6.45, 7) is 1.83. The average molecular weight is 262 g/mol. The Kier molecular flexibility index (Phi) is 4.93. The van der Waals surface area contributed by atoms with Crippen molar-refractivity contribution in [2.75, 3.05) is 26.7 Å². The Morgan fingerprint density at radius 3 is 2.84 bits per heavy atom. The van der Waals surface area contributed by atoms with Crippen molar-refractivity contribution in [3.05, 3.63) is 35.9 Å². The van der Waals surface area contributed by atoms with E-state index in [1.807, 2.05) is 35.2 Å². The van der Waals surface area contributed by atoms with Crippen molar-refractivity contribution in [2.24, 2.45) is 5.73 Å². The molecule has 2 rings (SSSR count). The number of likely N-dealkylation sites (tertiary alicyclic amines) is 1. The van der Waals surface area contributed by atoms with Crippen LogP contribution in [-0.4, -0.2) is 43.7 Å². The van der Waals surface area contributed by atoms with Crippen LogP contribution < -0.4 is 5.73 Å². The molecule has 1 aliphatic rings. The molecule has 0 saturated carbocycles. The Bertz CT molecular complexity index is 408. The average Bonchev–Trinajstić information content (AvgIpc) is 2.49. The highest BCUT2D eigenvalue weighted by Crippen LogP contribution is 2.21. The van der Waals surface area contributed by atoms with Crippen LogP contribution in [0.15, 0.2) is 30.3 Å². The number of hydrogen-bond donors (Lipinski definition) is 1. The number of nitrogens with zero attached hydrogens (tertiary/aromatic N) is 1. The summed E-state index contributed by atoms with van der Waals surface area (Å²) in [5, 5.41) is 0. The Labute approximate surface area is 114 Å². The molecule has 1 fully saturated rings. The van der Waals surface area contributed by atoms with Gasteiger partial charge >= 0.3 is 0 Å². The number of carbonyl (C=O) groups excluding carboxylic acids is 1. The Morgan fingerprint density at radius 2 is 2.21 bits per heavy atom. The number of piperidine rings is 1. The molecule has 0 bridgehead atoms. The van der Waals surface area contributed by atoms with Gasteiger partial charge in [0.05, 0.1) is 12.0 Å². The van der Waals surface area contributed by atoms with Gasteiger partial charge in [0.1, 0.15) is 0 Å². The van der Waals surface area contributed by atoms with Gasteiger partial charge in [0, 0.05) is 26.7 Å². The second-order valence-electron chi connectivity index (χ2n) is 4.98. The molecule has 0 spiro atoms. The van der Waals surface area contributed by atoms with Gasteiger partial charge in [0.2, 0.25) is 5.91 Å². The Morgan fingerprint density at radius 1 is 1.47 bits per heavy atom. The van der Waals surface area contributed by atoms with Gasteiger partial charge < -0.3 is 15.4 Å². The van der Waals surface area contributed by atoms with E-state index in [4.69, 9.17) is 10.5 Å². The monoisotopic (exact) mass is 262 g/mol. The van der Waals surface area contributed by atoms with Crippen molar-refractivity contribution in [1.29, 1.82) is 0 Å². The van der Waals surface area contributed by atoms with Crippen LogP contribution in [0.3, 0.4) is 0 Å². The quantitative estimate of drug-likeness (QED) is 0.891. The highest BCUT2D eigenvalue weighted by molar-refractivity contribution is 5.84. The Balaban J connectivity index is 2.08. The molecule has 2 atom stereocenters. The van der Waals surface area contributed by atoms with Crippen molar-refractivity contribution in [1.82, 2.24) is 4.90 Å². The third kappa shape index (κ3) is 3.33. The van der Waals surface area contributed by atoms with Crippen LogP contribution in [0.4, 0.5) is 0 Å². The summed E-state index contributed by atoms with van der Waals surface area (Å²) < 4.78 is 5.37. The van der Waals surface area contributed by atoms with Gasteiger partial charge in [-0.2, -0.15) is 0 Å². The summed E-state index contributed by atoms with van der Waals surface area (Å²) in [7, 11) is 1.70. The minimum atomic E-state index is -0.239. The van der Waals surface area contributed by atoms with Gasteiger partial charge in [-0.1, -0.05) is 30.3 Å². The molecule has 0 unspecified atom stereocenters. The summed E-state index contributed by atoms with van der Waals surface area (Å²) in [6.07, 6.45) is 2.18. The van der Waals surface area contributed by atoms with Crippen LogP contribution >= 0.6 is 0 Å². The second-order valence-corrected chi connectivity index (χ2v) is 4.98. The third-order valence-corrected chi connectivity index (χ3v) is 3.76. The summed E-state index contributed by atoms with van der Waals surface area (Å²) in [4.78, 5) is 14.5. The third-order valence-electron chi connectivity index (χ3n) is 3.76. The van der Waals surface area contributed by atoms with E-state index in [2.05, 4.69) is 0 Å². The maximum atomic E-state index is 12.6. The zero-order chi connectivity index (χ0) is 13.7. The van der Waals surface area contributed by atoms with E-state index >= 15 is 0 Å². The molecule has 4 heteroatoms. The maximum Gasteiger partial charge on any atom is 0.231 e. The van der Waals surface area contributed by atoms with Crippen molar-refractivity contribution in [3.8, 4) is 0 Å². The first kappa shape index (κ1) is 14.0. The number of carbonyl (C=O) groups is 1. The summed E-state index contributed by atoms with van der Waals surface area (Å²) in [5.74, 6) is -0.118.